The number of aliphatic carboxylic acids is 1. The van der Waals surface area contributed by atoms with Gasteiger partial charge in [0.15, 0.2) is 17.7 Å². The number of likely N-dealkylation sites (tertiary alicyclic amines) is 1. The molecule has 7 nitrogen and oxygen atoms in total. The largest absolute Gasteiger partial charge is 0.494 e. The highest BCUT2D eigenvalue weighted by Crippen LogP contribution is 2.33. The number of ether oxygens (including phenoxy) is 2. The van der Waals surface area contributed by atoms with Crippen LogP contribution in [0.25, 0.3) is 10.9 Å². The Morgan fingerprint density at radius 3 is 2.37 bits per heavy atom. The number of methoxy groups -OCH3 is 1. The van der Waals surface area contributed by atoms with Gasteiger partial charge in [0.05, 0.1) is 19.2 Å². The van der Waals surface area contributed by atoms with Crippen molar-refractivity contribution in [3.8, 4) is 11.6 Å². The monoisotopic (exact) mass is 548 g/mol. The molecular weight excluding hydrogens is 529 g/mol. The van der Waals surface area contributed by atoms with Gasteiger partial charge in [-0.25, -0.2) is 27.3 Å². The fourth-order valence-corrected chi connectivity index (χ4v) is 3.48. The molecule has 2 aromatic carbocycles. The third-order valence-electron chi connectivity index (χ3n) is 5.43. The molecular formula is C24H19F7N2O5. The molecule has 1 aromatic heterocycles. The summed E-state index contributed by atoms with van der Waals surface area (Å²) in [4.78, 5) is 26.8. The quantitative estimate of drug-likeness (QED) is 0.458. The molecule has 3 aromatic rings. The molecule has 0 saturated carbocycles. The fraction of sp³-hybridized carbons (Fsp3) is 0.292. The highest BCUT2D eigenvalue weighted by molar-refractivity contribution is 5.95. The first-order chi connectivity index (χ1) is 17.7. The number of pyridine rings is 1. The number of benzene rings is 2. The normalized spacial score (nSPS) is 16.8. The molecule has 0 radical (unpaired) electrons. The van der Waals surface area contributed by atoms with Crippen LogP contribution < -0.4 is 9.47 Å². The number of nitrogens with zero attached hydrogens (tertiary/aromatic N) is 2. The summed E-state index contributed by atoms with van der Waals surface area (Å²) in [6, 6.07) is 12.2. The molecule has 1 fully saturated rings. The number of aromatic nitrogens is 1. The average molecular weight is 548 g/mol. The summed E-state index contributed by atoms with van der Waals surface area (Å²) < 4.78 is 99.7. The third kappa shape index (κ3) is 6.42. The number of para-hydroxylation sites is 1. The van der Waals surface area contributed by atoms with E-state index in [1.165, 1.54) is 13.2 Å². The molecule has 0 bridgehead atoms. The van der Waals surface area contributed by atoms with E-state index in [2.05, 4.69) is 4.98 Å². The maximum Gasteiger partial charge on any atom is 0.490 e. The zero-order valence-corrected chi connectivity index (χ0v) is 19.4. The number of hydrogen-bond donors (Lipinski definition) is 1. The molecule has 1 aliphatic rings. The predicted molar refractivity (Wildman–Crippen MR) is 118 cm³/mol. The van der Waals surface area contributed by atoms with Gasteiger partial charge < -0.3 is 19.5 Å². The molecule has 1 saturated heterocycles. The van der Waals surface area contributed by atoms with Crippen molar-refractivity contribution >= 4 is 22.8 Å². The van der Waals surface area contributed by atoms with E-state index in [0.29, 0.717) is 5.52 Å². The van der Waals surface area contributed by atoms with Crippen LogP contribution in [0.1, 0.15) is 16.8 Å². The van der Waals surface area contributed by atoms with E-state index in [-0.39, 0.29) is 18.2 Å². The number of halogens is 7. The molecule has 14 heteroatoms. The van der Waals surface area contributed by atoms with Gasteiger partial charge in [-0.2, -0.15) is 13.2 Å². The van der Waals surface area contributed by atoms with Crippen molar-refractivity contribution in [2.45, 2.75) is 24.6 Å². The standard InChI is InChI=1S/C22H18F4N2O3.C2HF3O2/c1-30-16-8-7-14(23)19(20(16)24)21(29)28-11-10-22(25,26)17(12-28)31-18-9-6-13-4-2-3-5-15(13)27-18;3-2(4,5)1(6)7/h2-9,17H,10-12H2,1H3;(H,6,7). The van der Waals surface area contributed by atoms with Crippen molar-refractivity contribution < 1.29 is 54.9 Å². The molecule has 0 aliphatic carbocycles. The van der Waals surface area contributed by atoms with E-state index in [1.807, 2.05) is 12.1 Å². The number of amides is 1. The smallest absolute Gasteiger partial charge is 0.490 e. The molecule has 1 N–H and O–H groups in total. The van der Waals surface area contributed by atoms with Crippen molar-refractivity contribution in [1.29, 1.82) is 0 Å². The van der Waals surface area contributed by atoms with Crippen LogP contribution in [0.3, 0.4) is 0 Å². The predicted octanol–water partition coefficient (Wildman–Crippen LogP) is 5.08. The van der Waals surface area contributed by atoms with E-state index in [1.54, 1.807) is 18.2 Å². The van der Waals surface area contributed by atoms with Crippen LogP contribution in [-0.2, 0) is 4.79 Å². The number of alkyl halides is 5. The minimum atomic E-state index is -5.08. The molecule has 0 spiro atoms. The van der Waals surface area contributed by atoms with Gasteiger partial charge >= 0.3 is 12.1 Å². The van der Waals surface area contributed by atoms with Gasteiger partial charge in [-0.15, -0.1) is 0 Å². The minimum absolute atomic E-state index is 0.0311. The molecule has 2 heterocycles. The lowest BCUT2D eigenvalue weighted by Gasteiger charge is -2.38. The lowest BCUT2D eigenvalue weighted by molar-refractivity contribution is -0.192. The second-order valence-electron chi connectivity index (χ2n) is 7.95. The van der Waals surface area contributed by atoms with Gasteiger partial charge in [0.1, 0.15) is 11.4 Å². The van der Waals surface area contributed by atoms with Gasteiger partial charge in [0.2, 0.25) is 5.88 Å². The number of carboxylic acids is 1. The number of carboxylic acid groups (broad SMARTS) is 1. The number of hydrogen-bond acceptors (Lipinski definition) is 5. The Morgan fingerprint density at radius 1 is 1.08 bits per heavy atom. The molecule has 4 rings (SSSR count). The first kappa shape index (κ1) is 28.5. The Labute approximate surface area is 210 Å². The molecule has 38 heavy (non-hydrogen) atoms. The molecule has 204 valence electrons. The Balaban J connectivity index is 0.000000505. The summed E-state index contributed by atoms with van der Waals surface area (Å²) in [6.45, 7) is -0.941. The lowest BCUT2D eigenvalue weighted by Crippen LogP contribution is -2.55. The topological polar surface area (TPSA) is 89.0 Å². The van der Waals surface area contributed by atoms with Gasteiger partial charge in [0.25, 0.3) is 11.8 Å². The maximum atomic E-state index is 14.5. The van der Waals surface area contributed by atoms with Crippen LogP contribution in [0.15, 0.2) is 48.5 Å². The van der Waals surface area contributed by atoms with Gasteiger partial charge in [-0.1, -0.05) is 18.2 Å². The zero-order chi connectivity index (χ0) is 28.3. The second kappa shape index (κ2) is 11.1. The van der Waals surface area contributed by atoms with Crippen molar-refractivity contribution in [3.05, 3.63) is 65.7 Å². The van der Waals surface area contributed by atoms with Crippen LogP contribution in [0.4, 0.5) is 30.7 Å². The van der Waals surface area contributed by atoms with E-state index in [4.69, 9.17) is 19.4 Å². The SMILES string of the molecule is COc1ccc(F)c(C(=O)N2CCC(F)(F)C(Oc3ccc4ccccc4n3)C2)c1F.O=C(O)C(F)(F)F. The Hall–Kier alpha value is -4.10. The highest BCUT2D eigenvalue weighted by atomic mass is 19.4. The molecule has 1 amide bonds. The average Bonchev–Trinajstić information content (AvgIpc) is 2.85. The summed E-state index contributed by atoms with van der Waals surface area (Å²) in [6.07, 6.45) is -7.53. The van der Waals surface area contributed by atoms with Gasteiger partial charge in [0, 0.05) is 24.4 Å². The van der Waals surface area contributed by atoms with Crippen LogP contribution in [0, 0.1) is 11.6 Å². The molecule has 1 aliphatic heterocycles. The molecule has 1 atom stereocenters. The Kier molecular flexibility index (Phi) is 8.32. The Morgan fingerprint density at radius 2 is 1.74 bits per heavy atom. The van der Waals surface area contributed by atoms with Crippen LogP contribution in [-0.4, -0.2) is 65.3 Å². The minimum Gasteiger partial charge on any atom is -0.494 e. The van der Waals surface area contributed by atoms with Crippen LogP contribution >= 0.6 is 0 Å². The van der Waals surface area contributed by atoms with Gasteiger partial charge in [-0.05, 0) is 24.3 Å². The van der Waals surface area contributed by atoms with Crippen LogP contribution in [0.5, 0.6) is 11.6 Å². The zero-order valence-electron chi connectivity index (χ0n) is 19.4. The summed E-state index contributed by atoms with van der Waals surface area (Å²) in [7, 11) is 1.17. The highest BCUT2D eigenvalue weighted by Gasteiger charge is 2.48. The maximum absolute atomic E-state index is 14.5. The first-order valence-electron chi connectivity index (χ1n) is 10.8. The van der Waals surface area contributed by atoms with Crippen molar-refractivity contribution in [1.82, 2.24) is 9.88 Å². The summed E-state index contributed by atoms with van der Waals surface area (Å²) in [5, 5.41) is 7.94. The van der Waals surface area contributed by atoms with E-state index >= 15 is 0 Å². The number of fused-ring (bicyclic) bond motifs is 1. The summed E-state index contributed by atoms with van der Waals surface area (Å²) in [5.74, 6) is -9.70. The number of carbonyl (C=O) groups excluding carboxylic acids is 1. The lowest BCUT2D eigenvalue weighted by atomic mass is 10.0. The molecule has 1 unspecified atom stereocenters. The second-order valence-corrected chi connectivity index (χ2v) is 7.95. The van der Waals surface area contributed by atoms with E-state index in [0.717, 1.165) is 22.4 Å². The Bertz CT molecular complexity index is 1330. The van der Waals surface area contributed by atoms with Gasteiger partial charge in [-0.3, -0.25) is 4.79 Å². The summed E-state index contributed by atoms with van der Waals surface area (Å²) in [5.41, 5.74) is -0.292. The summed E-state index contributed by atoms with van der Waals surface area (Å²) >= 11 is 0. The number of piperidine rings is 1. The fourth-order valence-electron chi connectivity index (χ4n) is 3.48. The van der Waals surface area contributed by atoms with Crippen molar-refractivity contribution in [2.75, 3.05) is 20.2 Å². The van der Waals surface area contributed by atoms with Crippen molar-refractivity contribution in [2.24, 2.45) is 0 Å². The number of carbonyl (C=O) groups is 2. The first-order valence-corrected chi connectivity index (χ1v) is 10.8. The van der Waals surface area contributed by atoms with Crippen molar-refractivity contribution in [3.63, 3.8) is 0 Å². The van der Waals surface area contributed by atoms with E-state index < -0.39 is 60.2 Å². The van der Waals surface area contributed by atoms with Crippen LogP contribution in [0.2, 0.25) is 0 Å². The third-order valence-corrected chi connectivity index (χ3v) is 5.43. The van der Waals surface area contributed by atoms with E-state index in [9.17, 15) is 35.5 Å². The number of rotatable bonds is 4.